The number of aryl methyl sites for hydroxylation is 2. The fourth-order valence-electron chi connectivity index (χ4n) is 5.44. The van der Waals surface area contributed by atoms with Gasteiger partial charge in [-0.3, -0.25) is 4.79 Å². The van der Waals surface area contributed by atoms with Gasteiger partial charge in [0.25, 0.3) is 0 Å². The molecule has 0 saturated heterocycles. The molecule has 1 aliphatic rings. The second-order valence-electron chi connectivity index (χ2n) is 12.7. The van der Waals surface area contributed by atoms with Crippen LogP contribution in [-0.4, -0.2) is 45.2 Å². The number of methoxy groups -OCH3 is 1. The van der Waals surface area contributed by atoms with Crippen LogP contribution in [0.2, 0.25) is 0 Å². The van der Waals surface area contributed by atoms with Crippen molar-refractivity contribution < 1.29 is 40.0 Å². The molecule has 11 heteroatoms. The lowest BCUT2D eigenvalue weighted by Gasteiger charge is -2.49. The zero-order valence-electron chi connectivity index (χ0n) is 26.7. The van der Waals surface area contributed by atoms with E-state index < -0.39 is 33.4 Å². The van der Waals surface area contributed by atoms with E-state index >= 15 is 0 Å². The van der Waals surface area contributed by atoms with Crippen LogP contribution in [0.3, 0.4) is 0 Å². The van der Waals surface area contributed by atoms with Gasteiger partial charge >= 0.3 is 21.6 Å². The Morgan fingerprint density at radius 3 is 2.34 bits per heavy atom. The lowest BCUT2D eigenvalue weighted by atomic mass is 9.63. The molecule has 1 heterocycles. The van der Waals surface area contributed by atoms with Gasteiger partial charge in [-0.05, 0) is 91.0 Å². The highest BCUT2D eigenvalue weighted by Crippen LogP contribution is 2.48. The third-order valence-electron chi connectivity index (χ3n) is 9.25. The van der Waals surface area contributed by atoms with Gasteiger partial charge in [0.15, 0.2) is 0 Å². The number of esters is 1. The first-order chi connectivity index (χ1) is 20.3. The maximum atomic E-state index is 12.6. The molecule has 244 valence electrons. The average molecular weight is 640 g/mol. The largest absolute Gasteiger partial charge is 0.534 e. The fraction of sp³-hybridized carbons (Fsp3) is 0.545. The van der Waals surface area contributed by atoms with Crippen molar-refractivity contribution in [2.45, 2.75) is 84.9 Å². The Kier molecular flexibility index (Phi) is 10.9. The van der Waals surface area contributed by atoms with Crippen LogP contribution >= 0.6 is 0 Å². The molecule has 0 aliphatic carbocycles. The maximum Gasteiger partial charge on any atom is 0.534 e. The van der Waals surface area contributed by atoms with Crippen LogP contribution in [0.1, 0.15) is 70.2 Å². The summed E-state index contributed by atoms with van der Waals surface area (Å²) >= 11 is 0. The van der Waals surface area contributed by atoms with Crippen molar-refractivity contribution in [3.8, 4) is 11.5 Å². The Morgan fingerprint density at radius 2 is 1.77 bits per heavy atom. The molecule has 0 saturated carbocycles. The minimum absolute atomic E-state index is 0.121. The summed E-state index contributed by atoms with van der Waals surface area (Å²) in [6.07, 6.45) is 5.88. The summed E-state index contributed by atoms with van der Waals surface area (Å²) < 4.78 is 75.9. The van der Waals surface area contributed by atoms with Crippen molar-refractivity contribution in [1.29, 1.82) is 0 Å². The number of carbonyl (C=O) groups is 1. The Balaban J connectivity index is 1.65. The number of ether oxygens (including phenoxy) is 2. The summed E-state index contributed by atoms with van der Waals surface area (Å²) in [5.41, 5.74) is -1.85. The molecular weight excluding hydrogens is 595 g/mol. The summed E-state index contributed by atoms with van der Waals surface area (Å²) in [6.45, 7) is 16.1. The first-order valence-corrected chi connectivity index (χ1v) is 16.1. The third kappa shape index (κ3) is 8.15. The summed E-state index contributed by atoms with van der Waals surface area (Å²) in [5, 5.41) is 3.12. The second-order valence-corrected chi connectivity index (χ2v) is 14.2. The van der Waals surface area contributed by atoms with Gasteiger partial charge in [0.1, 0.15) is 23.1 Å². The highest BCUT2D eigenvalue weighted by atomic mass is 32.2. The molecule has 0 aromatic heterocycles. The van der Waals surface area contributed by atoms with E-state index in [4.69, 9.17) is 9.47 Å². The molecule has 0 bridgehead atoms. The van der Waals surface area contributed by atoms with Gasteiger partial charge in [-0.1, -0.05) is 58.9 Å². The molecule has 0 amide bonds. The Labute approximate surface area is 259 Å². The molecule has 7 nitrogen and oxygen atoms in total. The SMILES string of the molecule is COC(=O)[C@H](Cc1ccc(OS(=O)(=O)C(F)(F)F)cc1)NC/C=C/c1cc(C)c2c(c1)CC[C@@](C)([C@H](C)C(C)(C)C(C)C)O2. The van der Waals surface area contributed by atoms with Gasteiger partial charge in [0, 0.05) is 12.5 Å². The first-order valence-electron chi connectivity index (χ1n) is 14.7. The fourth-order valence-corrected chi connectivity index (χ4v) is 5.90. The topological polar surface area (TPSA) is 90.9 Å². The van der Waals surface area contributed by atoms with Crippen molar-refractivity contribution in [3.05, 3.63) is 64.7 Å². The van der Waals surface area contributed by atoms with E-state index in [2.05, 4.69) is 70.1 Å². The van der Waals surface area contributed by atoms with E-state index in [0.29, 0.717) is 23.9 Å². The molecule has 0 radical (unpaired) electrons. The quantitative estimate of drug-likeness (QED) is 0.152. The number of halogens is 3. The van der Waals surface area contributed by atoms with Crippen molar-refractivity contribution in [3.63, 3.8) is 0 Å². The van der Waals surface area contributed by atoms with Crippen LogP contribution in [0.5, 0.6) is 11.5 Å². The molecule has 0 unspecified atom stereocenters. The van der Waals surface area contributed by atoms with Gasteiger partial charge in [-0.15, -0.1) is 0 Å². The highest BCUT2D eigenvalue weighted by Gasteiger charge is 2.48. The summed E-state index contributed by atoms with van der Waals surface area (Å²) in [5.74, 6) is 0.832. The monoisotopic (exact) mass is 639 g/mol. The lowest BCUT2D eigenvalue weighted by Crippen LogP contribution is -2.50. The number of hydrogen-bond acceptors (Lipinski definition) is 7. The molecule has 1 N–H and O–H groups in total. The highest BCUT2D eigenvalue weighted by molar-refractivity contribution is 7.88. The van der Waals surface area contributed by atoms with Crippen LogP contribution in [0.4, 0.5) is 13.2 Å². The minimum atomic E-state index is -5.77. The first kappa shape index (κ1) is 35.4. The molecular formula is C33H44F3NO6S. The Morgan fingerprint density at radius 1 is 1.14 bits per heavy atom. The summed E-state index contributed by atoms with van der Waals surface area (Å²) in [7, 11) is -4.51. The van der Waals surface area contributed by atoms with E-state index in [1.807, 2.05) is 12.2 Å². The molecule has 1 aliphatic heterocycles. The number of hydrogen-bond donors (Lipinski definition) is 1. The van der Waals surface area contributed by atoms with E-state index in [9.17, 15) is 26.4 Å². The van der Waals surface area contributed by atoms with Gasteiger partial charge < -0.3 is 19.0 Å². The predicted molar refractivity (Wildman–Crippen MR) is 165 cm³/mol. The molecule has 44 heavy (non-hydrogen) atoms. The minimum Gasteiger partial charge on any atom is -0.487 e. The van der Waals surface area contributed by atoms with Crippen molar-refractivity contribution >= 4 is 22.2 Å². The number of fused-ring (bicyclic) bond motifs is 1. The average Bonchev–Trinajstić information content (AvgIpc) is 2.94. The van der Waals surface area contributed by atoms with Crippen molar-refractivity contribution in [1.82, 2.24) is 5.32 Å². The number of carbonyl (C=O) groups excluding carboxylic acids is 1. The van der Waals surface area contributed by atoms with E-state index in [0.717, 1.165) is 41.9 Å². The Bertz CT molecular complexity index is 1450. The molecule has 3 atom stereocenters. The van der Waals surface area contributed by atoms with Crippen molar-refractivity contribution in [2.24, 2.45) is 17.3 Å². The normalized spacial score (nSPS) is 18.9. The van der Waals surface area contributed by atoms with E-state index in [-0.39, 0.29) is 17.4 Å². The maximum absolute atomic E-state index is 12.6. The van der Waals surface area contributed by atoms with Crippen LogP contribution < -0.4 is 14.2 Å². The van der Waals surface area contributed by atoms with E-state index in [1.54, 1.807) is 0 Å². The third-order valence-corrected chi connectivity index (χ3v) is 10.2. The number of nitrogens with one attached hydrogen (secondary N) is 1. The number of benzene rings is 2. The zero-order valence-corrected chi connectivity index (χ0v) is 27.5. The van der Waals surface area contributed by atoms with Gasteiger partial charge in [0.2, 0.25) is 0 Å². The molecule has 0 fully saturated rings. The van der Waals surface area contributed by atoms with E-state index in [1.165, 1.54) is 24.8 Å². The molecule has 3 rings (SSSR count). The van der Waals surface area contributed by atoms with Crippen LogP contribution in [0, 0.1) is 24.2 Å². The Hall–Kier alpha value is -3.05. The summed E-state index contributed by atoms with van der Waals surface area (Å²) in [6, 6.07) is 8.46. The second kappa shape index (κ2) is 13.5. The van der Waals surface area contributed by atoms with Crippen molar-refractivity contribution in [2.75, 3.05) is 13.7 Å². The summed E-state index contributed by atoms with van der Waals surface area (Å²) in [4.78, 5) is 12.4. The van der Waals surface area contributed by atoms with Crippen LogP contribution in [-0.2, 0) is 32.5 Å². The number of rotatable bonds is 12. The van der Waals surface area contributed by atoms with Gasteiger partial charge in [-0.25, -0.2) is 0 Å². The van der Waals surface area contributed by atoms with Gasteiger partial charge in [0.05, 0.1) is 7.11 Å². The van der Waals surface area contributed by atoms with Crippen LogP contribution in [0.25, 0.3) is 6.08 Å². The van der Waals surface area contributed by atoms with Crippen LogP contribution in [0.15, 0.2) is 42.5 Å². The zero-order chi connectivity index (χ0) is 33.1. The molecule has 2 aromatic carbocycles. The smallest absolute Gasteiger partial charge is 0.487 e. The van der Waals surface area contributed by atoms with Gasteiger partial charge in [-0.2, -0.15) is 21.6 Å². The molecule has 0 spiro atoms. The number of alkyl halides is 3. The standard InChI is InChI=1S/C33H44F3NO6S/c1-21(2)31(5,6)23(4)32(7)16-15-26-19-25(18-22(3)29(26)42-32)10-9-17-37-28(30(38)41-8)20-24-11-13-27(14-12-24)43-44(39,40)33(34,35)36/h9-14,18-19,21,23,28,37H,15-17,20H2,1-8H3/b10-9+/t23-,28+,32+/m1/s1. The molecule has 2 aromatic rings. The lowest BCUT2D eigenvalue weighted by molar-refractivity contribution is -0.143. The predicted octanol–water partition coefficient (Wildman–Crippen LogP) is 7.01.